The van der Waals surface area contributed by atoms with E-state index in [2.05, 4.69) is 25.6 Å². The lowest BCUT2D eigenvalue weighted by Crippen LogP contribution is -2.30. The van der Waals surface area contributed by atoms with E-state index in [0.717, 1.165) is 10.2 Å². The van der Waals surface area contributed by atoms with Crippen molar-refractivity contribution in [3.63, 3.8) is 0 Å². The Kier molecular flexibility index (Phi) is 5.95. The summed E-state index contributed by atoms with van der Waals surface area (Å²) < 4.78 is 33.9. The molecule has 1 aromatic heterocycles. The number of hydrogen-bond donors (Lipinski definition) is 1. The molecular weight excluding hydrogens is 452 g/mol. The summed E-state index contributed by atoms with van der Waals surface area (Å²) in [6.07, 6.45) is 0. The zero-order valence-corrected chi connectivity index (χ0v) is 17.8. The highest BCUT2D eigenvalue weighted by molar-refractivity contribution is 9.10. The predicted molar refractivity (Wildman–Crippen MR) is 108 cm³/mol. The molecule has 27 heavy (non-hydrogen) atoms. The number of rotatable bonds is 6. The average Bonchev–Trinajstić information content (AvgIpc) is 3.01. The summed E-state index contributed by atoms with van der Waals surface area (Å²) in [6.45, 7) is 3.47. The van der Waals surface area contributed by atoms with Crippen LogP contribution in [0.15, 0.2) is 51.8 Å². The molecule has 0 aliphatic carbocycles. The van der Waals surface area contributed by atoms with Crippen LogP contribution in [-0.2, 0) is 21.4 Å². The molecule has 0 unspecified atom stereocenters. The average molecular weight is 469 g/mol. The van der Waals surface area contributed by atoms with Gasteiger partial charge in [-0.25, -0.2) is 22.9 Å². The van der Waals surface area contributed by atoms with Crippen LogP contribution in [0.5, 0.6) is 0 Å². The summed E-state index contributed by atoms with van der Waals surface area (Å²) in [4.78, 5) is 16.9. The molecule has 0 fully saturated rings. The maximum atomic E-state index is 12.5. The number of sulfonamides is 1. The van der Waals surface area contributed by atoms with Gasteiger partial charge in [-0.05, 0) is 60.1 Å². The smallest absolute Gasteiger partial charge is 0.339 e. The van der Waals surface area contributed by atoms with Crippen molar-refractivity contribution >= 4 is 53.5 Å². The number of esters is 1. The maximum absolute atomic E-state index is 12.5. The fourth-order valence-electron chi connectivity index (χ4n) is 2.39. The Labute approximate surface area is 169 Å². The molecule has 0 atom stereocenters. The quantitative estimate of drug-likeness (QED) is 0.550. The first-order valence-corrected chi connectivity index (χ1v) is 11.2. The van der Waals surface area contributed by atoms with Gasteiger partial charge >= 0.3 is 5.97 Å². The standard InChI is InChI=1S/C18H17BrN2O4S2/c1-11(2)21-27(23,24)12-7-8-14(19)13(9-12)18(22)25-10-17-20-15-5-3-4-6-16(15)26-17/h3-9,11,21H,10H2,1-2H3. The number of thiazole rings is 1. The number of benzene rings is 2. The SMILES string of the molecule is CC(C)NS(=O)(=O)c1ccc(Br)c(C(=O)OCc2nc3ccccc3s2)c1. The summed E-state index contributed by atoms with van der Waals surface area (Å²) in [5, 5.41) is 0.672. The number of hydrogen-bond acceptors (Lipinski definition) is 6. The Bertz CT molecular complexity index is 1060. The maximum Gasteiger partial charge on any atom is 0.339 e. The normalized spacial score (nSPS) is 11.9. The Morgan fingerprint density at radius 3 is 2.70 bits per heavy atom. The van der Waals surface area contributed by atoms with Crippen LogP contribution in [0.2, 0.25) is 0 Å². The van der Waals surface area contributed by atoms with Gasteiger partial charge in [0, 0.05) is 10.5 Å². The van der Waals surface area contributed by atoms with Gasteiger partial charge in [-0.3, -0.25) is 0 Å². The minimum Gasteiger partial charge on any atom is -0.455 e. The second-order valence-electron chi connectivity index (χ2n) is 6.07. The number of halogens is 1. The molecule has 3 aromatic rings. The van der Waals surface area contributed by atoms with Crippen molar-refractivity contribution in [3.8, 4) is 0 Å². The van der Waals surface area contributed by atoms with Crippen LogP contribution in [-0.4, -0.2) is 25.4 Å². The summed E-state index contributed by atoms with van der Waals surface area (Å²) in [5.41, 5.74) is 0.991. The molecule has 1 N–H and O–H groups in total. The van der Waals surface area contributed by atoms with Gasteiger partial charge in [-0.2, -0.15) is 0 Å². The van der Waals surface area contributed by atoms with Crippen molar-refractivity contribution in [2.45, 2.75) is 31.4 Å². The lowest BCUT2D eigenvalue weighted by atomic mass is 10.2. The van der Waals surface area contributed by atoms with E-state index in [9.17, 15) is 13.2 Å². The largest absolute Gasteiger partial charge is 0.455 e. The van der Waals surface area contributed by atoms with E-state index < -0.39 is 16.0 Å². The lowest BCUT2D eigenvalue weighted by molar-refractivity contribution is 0.0471. The van der Waals surface area contributed by atoms with Crippen LogP contribution in [0.4, 0.5) is 0 Å². The van der Waals surface area contributed by atoms with Crippen LogP contribution in [0.25, 0.3) is 10.2 Å². The van der Waals surface area contributed by atoms with E-state index in [1.165, 1.54) is 29.5 Å². The third-order valence-corrected chi connectivity index (χ3v) is 6.88. The third kappa shape index (κ3) is 4.73. The highest BCUT2D eigenvalue weighted by Crippen LogP contribution is 2.25. The first kappa shape index (κ1) is 19.9. The second kappa shape index (κ2) is 8.05. The first-order chi connectivity index (χ1) is 12.8. The van der Waals surface area contributed by atoms with Gasteiger partial charge in [0.2, 0.25) is 10.0 Å². The molecule has 0 aliphatic heterocycles. The zero-order valence-electron chi connectivity index (χ0n) is 14.6. The van der Waals surface area contributed by atoms with Crippen LogP contribution in [0.1, 0.15) is 29.2 Å². The van der Waals surface area contributed by atoms with Gasteiger partial charge in [0.15, 0.2) is 0 Å². The van der Waals surface area contributed by atoms with E-state index in [-0.39, 0.29) is 23.1 Å². The Morgan fingerprint density at radius 2 is 2.00 bits per heavy atom. The fourth-order valence-corrected chi connectivity index (χ4v) is 4.96. The number of aromatic nitrogens is 1. The molecule has 1 heterocycles. The molecule has 0 bridgehead atoms. The molecule has 0 spiro atoms. The monoisotopic (exact) mass is 468 g/mol. The van der Waals surface area contributed by atoms with Gasteiger partial charge in [0.1, 0.15) is 11.6 Å². The van der Waals surface area contributed by atoms with Crippen molar-refractivity contribution in [2.24, 2.45) is 0 Å². The topological polar surface area (TPSA) is 85.4 Å². The molecule has 0 aliphatic rings. The number of para-hydroxylation sites is 1. The molecule has 9 heteroatoms. The van der Waals surface area contributed by atoms with Crippen molar-refractivity contribution in [1.29, 1.82) is 0 Å². The van der Waals surface area contributed by atoms with Crippen LogP contribution in [0.3, 0.4) is 0 Å². The van der Waals surface area contributed by atoms with Crippen molar-refractivity contribution in [2.75, 3.05) is 0 Å². The van der Waals surface area contributed by atoms with Crippen molar-refractivity contribution < 1.29 is 17.9 Å². The van der Waals surface area contributed by atoms with E-state index >= 15 is 0 Å². The number of nitrogens with zero attached hydrogens (tertiary/aromatic N) is 1. The summed E-state index contributed by atoms with van der Waals surface area (Å²) in [6, 6.07) is 11.6. The number of carbonyl (C=O) groups is 1. The summed E-state index contributed by atoms with van der Waals surface area (Å²) >= 11 is 4.72. The minimum absolute atomic E-state index is 0.00587. The summed E-state index contributed by atoms with van der Waals surface area (Å²) in [5.74, 6) is -0.622. The lowest BCUT2D eigenvalue weighted by Gasteiger charge is -2.11. The molecule has 0 saturated heterocycles. The predicted octanol–water partition coefficient (Wildman–Crippen LogP) is 4.10. The van der Waals surface area contributed by atoms with Gasteiger partial charge in [-0.15, -0.1) is 11.3 Å². The van der Waals surface area contributed by atoms with E-state index in [0.29, 0.717) is 9.48 Å². The molecule has 0 radical (unpaired) electrons. The Morgan fingerprint density at radius 1 is 1.26 bits per heavy atom. The van der Waals surface area contributed by atoms with Gasteiger partial charge in [0.25, 0.3) is 0 Å². The molecule has 142 valence electrons. The molecular formula is C18H17BrN2O4S2. The zero-order chi connectivity index (χ0) is 19.6. The van der Waals surface area contributed by atoms with Crippen molar-refractivity contribution in [1.82, 2.24) is 9.71 Å². The number of nitrogens with one attached hydrogen (secondary N) is 1. The van der Waals surface area contributed by atoms with E-state index in [1.54, 1.807) is 13.8 Å². The molecule has 2 aromatic carbocycles. The van der Waals surface area contributed by atoms with Gasteiger partial charge in [0.05, 0.1) is 20.7 Å². The highest BCUT2D eigenvalue weighted by atomic mass is 79.9. The van der Waals surface area contributed by atoms with E-state index in [1.807, 2.05) is 24.3 Å². The third-order valence-electron chi connectivity index (χ3n) is 3.52. The minimum atomic E-state index is -3.71. The van der Waals surface area contributed by atoms with Crippen LogP contribution < -0.4 is 4.72 Å². The highest BCUT2D eigenvalue weighted by Gasteiger charge is 2.20. The van der Waals surface area contributed by atoms with Gasteiger partial charge in [-0.1, -0.05) is 12.1 Å². The van der Waals surface area contributed by atoms with Gasteiger partial charge < -0.3 is 4.74 Å². The van der Waals surface area contributed by atoms with Crippen LogP contribution in [0, 0.1) is 0 Å². The first-order valence-electron chi connectivity index (χ1n) is 8.10. The van der Waals surface area contributed by atoms with E-state index in [4.69, 9.17) is 4.74 Å². The molecule has 0 amide bonds. The molecule has 3 rings (SSSR count). The number of carbonyl (C=O) groups excluding carboxylic acids is 1. The fraction of sp³-hybridized carbons (Fsp3) is 0.222. The number of ether oxygens (including phenoxy) is 1. The Balaban J connectivity index is 1.78. The molecule has 0 saturated carbocycles. The number of fused-ring (bicyclic) bond motifs is 1. The van der Waals surface area contributed by atoms with Crippen LogP contribution >= 0.6 is 27.3 Å². The second-order valence-corrected chi connectivity index (χ2v) is 9.75. The summed E-state index contributed by atoms with van der Waals surface area (Å²) in [7, 11) is -3.71. The Hall–Kier alpha value is -1.81. The molecule has 6 nitrogen and oxygen atoms in total. The van der Waals surface area contributed by atoms with Crippen molar-refractivity contribution in [3.05, 3.63) is 57.5 Å².